The van der Waals surface area contributed by atoms with Crippen LogP contribution in [0.15, 0.2) is 22.7 Å². The first kappa shape index (κ1) is 14.6. The van der Waals surface area contributed by atoms with E-state index < -0.39 is 0 Å². The predicted molar refractivity (Wildman–Crippen MR) is 86.6 cm³/mol. The van der Waals surface area contributed by atoms with Crippen LogP contribution in [-0.2, 0) is 4.74 Å². The van der Waals surface area contributed by atoms with E-state index in [1.807, 2.05) is 36.9 Å². The maximum atomic E-state index is 12.8. The second-order valence-corrected chi connectivity index (χ2v) is 7.93. The van der Waals surface area contributed by atoms with E-state index in [-0.39, 0.29) is 17.3 Å². The Balaban J connectivity index is 1.79. The smallest absolute Gasteiger partial charge is 0.166 e. The zero-order valence-electron chi connectivity index (χ0n) is 11.7. The summed E-state index contributed by atoms with van der Waals surface area (Å²) in [5, 5.41) is 0. The van der Waals surface area contributed by atoms with Gasteiger partial charge in [0.2, 0.25) is 0 Å². The molecule has 1 aromatic carbocycles. The monoisotopic (exact) mass is 354 g/mol. The average molecular weight is 355 g/mol. The van der Waals surface area contributed by atoms with Crippen molar-refractivity contribution in [2.45, 2.75) is 31.8 Å². The van der Waals surface area contributed by atoms with E-state index >= 15 is 0 Å². The van der Waals surface area contributed by atoms with Gasteiger partial charge in [-0.25, -0.2) is 0 Å². The molecule has 1 spiro atoms. The van der Waals surface area contributed by atoms with Crippen LogP contribution in [0, 0.1) is 12.8 Å². The van der Waals surface area contributed by atoms with Gasteiger partial charge in [0.05, 0.1) is 5.60 Å². The zero-order valence-corrected chi connectivity index (χ0v) is 14.1. The van der Waals surface area contributed by atoms with E-state index in [0.717, 1.165) is 53.0 Å². The molecule has 108 valence electrons. The molecule has 1 aromatic rings. The minimum atomic E-state index is -0.0235. The number of halogens is 1. The molecule has 2 aliphatic heterocycles. The van der Waals surface area contributed by atoms with Crippen molar-refractivity contribution in [2.75, 3.05) is 18.1 Å². The second-order valence-electron chi connectivity index (χ2n) is 5.91. The van der Waals surface area contributed by atoms with E-state index in [1.54, 1.807) is 0 Å². The van der Waals surface area contributed by atoms with Crippen LogP contribution in [0.3, 0.4) is 0 Å². The van der Waals surface area contributed by atoms with Crippen LogP contribution in [0.1, 0.15) is 35.2 Å². The molecule has 2 fully saturated rings. The van der Waals surface area contributed by atoms with Crippen molar-refractivity contribution >= 4 is 33.5 Å². The largest absolute Gasteiger partial charge is 0.374 e. The minimum Gasteiger partial charge on any atom is -0.374 e. The summed E-state index contributed by atoms with van der Waals surface area (Å²) in [6.07, 6.45) is 2.85. The molecule has 2 unspecified atom stereocenters. The predicted octanol–water partition coefficient (Wildman–Crippen LogP) is 4.24. The Bertz CT molecular complexity index is 503. The number of thioether (sulfide) groups is 1. The molecule has 0 radical (unpaired) electrons. The number of benzene rings is 1. The van der Waals surface area contributed by atoms with Crippen LogP contribution in [-0.4, -0.2) is 29.5 Å². The van der Waals surface area contributed by atoms with Gasteiger partial charge in [0, 0.05) is 28.3 Å². The summed E-state index contributed by atoms with van der Waals surface area (Å²) in [6.45, 7) is 2.75. The van der Waals surface area contributed by atoms with Crippen molar-refractivity contribution in [1.82, 2.24) is 0 Å². The summed E-state index contributed by atoms with van der Waals surface area (Å²) >= 11 is 5.43. The highest BCUT2D eigenvalue weighted by atomic mass is 79.9. The lowest BCUT2D eigenvalue weighted by atomic mass is 9.81. The Hall–Kier alpha value is -0.320. The van der Waals surface area contributed by atoms with Crippen molar-refractivity contribution < 1.29 is 9.53 Å². The first-order valence-corrected chi connectivity index (χ1v) is 9.06. The van der Waals surface area contributed by atoms with E-state index in [9.17, 15) is 4.79 Å². The first-order chi connectivity index (χ1) is 9.58. The molecule has 0 saturated carbocycles. The van der Waals surface area contributed by atoms with Gasteiger partial charge in [0.1, 0.15) is 0 Å². The average Bonchev–Trinajstić information content (AvgIpc) is 2.85. The van der Waals surface area contributed by atoms with Gasteiger partial charge in [-0.3, -0.25) is 4.79 Å². The minimum absolute atomic E-state index is 0.0235. The highest BCUT2D eigenvalue weighted by molar-refractivity contribution is 9.10. The summed E-state index contributed by atoms with van der Waals surface area (Å²) in [6, 6.07) is 5.98. The lowest BCUT2D eigenvalue weighted by molar-refractivity contribution is -0.0734. The maximum absolute atomic E-state index is 12.8. The van der Waals surface area contributed by atoms with Gasteiger partial charge in [-0.2, -0.15) is 11.8 Å². The summed E-state index contributed by atoms with van der Waals surface area (Å²) in [7, 11) is 0. The fourth-order valence-corrected chi connectivity index (χ4v) is 5.22. The molecule has 20 heavy (non-hydrogen) atoms. The van der Waals surface area contributed by atoms with E-state index in [4.69, 9.17) is 4.74 Å². The summed E-state index contributed by atoms with van der Waals surface area (Å²) < 4.78 is 6.99. The molecule has 0 bridgehead atoms. The third-order valence-corrected chi connectivity index (χ3v) is 5.94. The highest BCUT2D eigenvalue weighted by Gasteiger charge is 2.42. The molecule has 0 aliphatic carbocycles. The SMILES string of the molecule is Cc1cc(Br)cc(C(=O)C2CCOC3(CCSC3)C2)c1. The first-order valence-electron chi connectivity index (χ1n) is 7.11. The van der Waals surface area contributed by atoms with Crippen LogP contribution in [0.4, 0.5) is 0 Å². The quantitative estimate of drug-likeness (QED) is 0.743. The van der Waals surface area contributed by atoms with Crippen molar-refractivity contribution in [1.29, 1.82) is 0 Å². The molecule has 4 heteroatoms. The maximum Gasteiger partial charge on any atom is 0.166 e. The fourth-order valence-electron chi connectivity index (χ4n) is 3.23. The molecule has 2 nitrogen and oxygen atoms in total. The van der Waals surface area contributed by atoms with E-state index in [1.165, 1.54) is 0 Å². The topological polar surface area (TPSA) is 26.3 Å². The van der Waals surface area contributed by atoms with Gasteiger partial charge in [-0.05, 0) is 55.7 Å². The highest BCUT2D eigenvalue weighted by Crippen LogP contribution is 2.41. The van der Waals surface area contributed by atoms with Crippen LogP contribution in [0.2, 0.25) is 0 Å². The molecule has 2 saturated heterocycles. The third kappa shape index (κ3) is 2.97. The normalized spacial score (nSPS) is 29.8. The van der Waals surface area contributed by atoms with Gasteiger partial charge >= 0.3 is 0 Å². The Morgan fingerprint density at radius 3 is 3.00 bits per heavy atom. The summed E-state index contributed by atoms with van der Waals surface area (Å²) in [5.41, 5.74) is 1.94. The van der Waals surface area contributed by atoms with Gasteiger partial charge in [-0.15, -0.1) is 0 Å². The van der Waals surface area contributed by atoms with Crippen molar-refractivity contribution in [3.63, 3.8) is 0 Å². The van der Waals surface area contributed by atoms with Crippen molar-refractivity contribution in [3.8, 4) is 0 Å². The van der Waals surface area contributed by atoms with Gasteiger partial charge in [-0.1, -0.05) is 15.9 Å². The van der Waals surface area contributed by atoms with Gasteiger partial charge in [0.25, 0.3) is 0 Å². The molecule has 2 heterocycles. The van der Waals surface area contributed by atoms with Crippen molar-refractivity contribution in [3.05, 3.63) is 33.8 Å². The van der Waals surface area contributed by atoms with E-state index in [2.05, 4.69) is 15.9 Å². The number of aryl methyl sites for hydroxylation is 1. The molecule has 2 aliphatic rings. The van der Waals surface area contributed by atoms with Crippen LogP contribution >= 0.6 is 27.7 Å². The zero-order chi connectivity index (χ0) is 14.2. The molecule has 2 atom stereocenters. The van der Waals surface area contributed by atoms with Crippen LogP contribution in [0.5, 0.6) is 0 Å². The molecular weight excluding hydrogens is 336 g/mol. The number of rotatable bonds is 2. The van der Waals surface area contributed by atoms with Crippen LogP contribution < -0.4 is 0 Å². The second kappa shape index (κ2) is 5.82. The Kier molecular flexibility index (Phi) is 4.25. The summed E-state index contributed by atoms with van der Waals surface area (Å²) in [5.74, 6) is 2.62. The number of Topliss-reactive ketones (excluding diaryl/α,β-unsaturated/α-hetero) is 1. The fraction of sp³-hybridized carbons (Fsp3) is 0.562. The molecule has 3 rings (SSSR count). The molecule has 0 aromatic heterocycles. The Morgan fingerprint density at radius 2 is 2.30 bits per heavy atom. The van der Waals surface area contributed by atoms with E-state index in [0.29, 0.717) is 0 Å². The summed E-state index contributed by atoms with van der Waals surface area (Å²) in [4.78, 5) is 12.8. The third-order valence-electron chi connectivity index (χ3n) is 4.26. The molecular formula is C16H19BrO2S. The number of hydrogen-bond acceptors (Lipinski definition) is 3. The lowest BCUT2D eigenvalue weighted by Gasteiger charge is -2.37. The molecule has 0 N–H and O–H groups in total. The van der Waals surface area contributed by atoms with Gasteiger partial charge < -0.3 is 4.74 Å². The van der Waals surface area contributed by atoms with Crippen molar-refractivity contribution in [2.24, 2.45) is 5.92 Å². The molecule has 0 amide bonds. The van der Waals surface area contributed by atoms with Gasteiger partial charge in [0.15, 0.2) is 5.78 Å². The number of hydrogen-bond donors (Lipinski definition) is 0. The van der Waals surface area contributed by atoms with Crippen LogP contribution in [0.25, 0.3) is 0 Å². The number of ether oxygens (including phenoxy) is 1. The number of carbonyl (C=O) groups excluding carboxylic acids is 1. The Labute approximate surface area is 132 Å². The number of carbonyl (C=O) groups is 1. The lowest BCUT2D eigenvalue weighted by Crippen LogP contribution is -2.42. The number of ketones is 1. The standard InChI is InChI=1S/C16H19BrO2S/c1-11-6-13(8-14(17)7-11)15(18)12-2-4-19-16(9-12)3-5-20-10-16/h6-8,12H,2-5,9-10H2,1H3. The Morgan fingerprint density at radius 1 is 1.45 bits per heavy atom.